The number of carbonyl (C=O) groups is 3. The molecule has 1 aromatic carbocycles. The zero-order valence-corrected chi connectivity index (χ0v) is 14.1. The molecule has 0 saturated carbocycles. The molecule has 0 radical (unpaired) electrons. The number of rotatable bonds is 6. The minimum absolute atomic E-state index is 0.157. The van der Waals surface area contributed by atoms with Crippen molar-refractivity contribution in [3.8, 4) is 0 Å². The van der Waals surface area contributed by atoms with Crippen molar-refractivity contribution in [1.29, 1.82) is 0 Å². The highest BCUT2D eigenvalue weighted by atomic mass is 79.9. The summed E-state index contributed by atoms with van der Waals surface area (Å²) in [6.45, 7) is 0.248. The first-order valence-corrected chi connectivity index (χ1v) is 7.83. The van der Waals surface area contributed by atoms with E-state index in [0.717, 1.165) is 4.47 Å². The lowest BCUT2D eigenvalue weighted by atomic mass is 10.1. The Kier molecular flexibility index (Phi) is 5.73. The van der Waals surface area contributed by atoms with E-state index < -0.39 is 23.8 Å². The van der Waals surface area contributed by atoms with E-state index in [-0.39, 0.29) is 12.5 Å². The number of hydrogen-bond acceptors (Lipinski definition) is 4. The smallest absolute Gasteiger partial charge is 0.328 e. The molecule has 0 bridgehead atoms. The van der Waals surface area contributed by atoms with E-state index in [2.05, 4.69) is 21.2 Å². The zero-order valence-electron chi connectivity index (χ0n) is 12.5. The van der Waals surface area contributed by atoms with Gasteiger partial charge in [-0.25, -0.2) is 4.79 Å². The fourth-order valence-corrected chi connectivity index (χ4v) is 2.95. The van der Waals surface area contributed by atoms with Crippen LogP contribution in [0.5, 0.6) is 0 Å². The Morgan fingerprint density at radius 2 is 2.17 bits per heavy atom. The maximum atomic E-state index is 12.5. The van der Waals surface area contributed by atoms with Crippen LogP contribution in [0, 0.1) is 5.92 Å². The van der Waals surface area contributed by atoms with Gasteiger partial charge >= 0.3 is 5.97 Å². The number of aliphatic carboxylic acids is 1. The predicted octanol–water partition coefficient (Wildman–Crippen LogP) is 1.02. The highest BCUT2D eigenvalue weighted by Gasteiger charge is 2.39. The minimum atomic E-state index is -1.20. The lowest BCUT2D eigenvalue weighted by Gasteiger charge is -2.19. The summed E-state index contributed by atoms with van der Waals surface area (Å²) in [6, 6.07) is 6.07. The molecule has 8 heteroatoms. The number of methoxy groups -OCH3 is 1. The Morgan fingerprint density at radius 1 is 1.48 bits per heavy atom. The molecule has 1 aliphatic heterocycles. The van der Waals surface area contributed by atoms with Gasteiger partial charge in [0.25, 0.3) is 0 Å². The van der Waals surface area contributed by atoms with Crippen molar-refractivity contribution in [1.82, 2.24) is 5.32 Å². The normalized spacial score (nSPS) is 18.8. The van der Waals surface area contributed by atoms with Gasteiger partial charge in [0.2, 0.25) is 11.8 Å². The van der Waals surface area contributed by atoms with Crippen molar-refractivity contribution >= 4 is 39.4 Å². The van der Waals surface area contributed by atoms with Gasteiger partial charge in [-0.3, -0.25) is 9.59 Å². The van der Waals surface area contributed by atoms with Crippen LogP contribution in [0.25, 0.3) is 0 Å². The van der Waals surface area contributed by atoms with Gasteiger partial charge in [-0.15, -0.1) is 0 Å². The first-order chi connectivity index (χ1) is 11.0. The third-order valence-corrected chi connectivity index (χ3v) is 4.28. The molecule has 1 heterocycles. The Balaban J connectivity index is 2.08. The van der Waals surface area contributed by atoms with Crippen LogP contribution in [-0.4, -0.2) is 49.2 Å². The van der Waals surface area contributed by atoms with E-state index in [1.807, 2.05) is 12.1 Å². The molecule has 1 aliphatic rings. The van der Waals surface area contributed by atoms with Crippen molar-refractivity contribution in [2.45, 2.75) is 12.5 Å². The first-order valence-electron chi connectivity index (χ1n) is 7.03. The summed E-state index contributed by atoms with van der Waals surface area (Å²) < 4.78 is 5.53. The van der Waals surface area contributed by atoms with Crippen LogP contribution in [-0.2, 0) is 19.1 Å². The molecule has 2 N–H and O–H groups in total. The van der Waals surface area contributed by atoms with Gasteiger partial charge in [0.1, 0.15) is 5.92 Å². The minimum Gasteiger partial charge on any atom is -0.480 e. The average molecular weight is 385 g/mol. The molecule has 1 fully saturated rings. The quantitative estimate of drug-likeness (QED) is 0.713. The molecule has 1 aromatic rings. The van der Waals surface area contributed by atoms with Gasteiger partial charge in [-0.05, 0) is 34.5 Å². The van der Waals surface area contributed by atoms with Gasteiger partial charge in [0.05, 0.1) is 12.3 Å². The maximum Gasteiger partial charge on any atom is 0.328 e. The SMILES string of the molecule is COCC(NC(=O)C1CCN(c2ccccc2Br)C1=O)C(=O)O. The molecule has 2 amide bonds. The molecule has 0 aromatic heterocycles. The molecule has 2 unspecified atom stereocenters. The van der Waals surface area contributed by atoms with Crippen molar-refractivity contribution in [2.75, 3.05) is 25.2 Å². The molecule has 23 heavy (non-hydrogen) atoms. The molecule has 1 saturated heterocycles. The summed E-state index contributed by atoms with van der Waals surface area (Å²) in [7, 11) is 1.34. The number of anilines is 1. The highest BCUT2D eigenvalue weighted by Crippen LogP contribution is 2.31. The fourth-order valence-electron chi connectivity index (χ4n) is 2.45. The standard InChI is InChI=1S/C15H17BrN2O5/c1-23-8-11(15(21)22)17-13(19)9-6-7-18(14(9)20)12-5-3-2-4-10(12)16/h2-5,9,11H,6-8H2,1H3,(H,17,19)(H,21,22). The number of carboxylic acid groups (broad SMARTS) is 1. The number of hydrogen-bond donors (Lipinski definition) is 2. The zero-order chi connectivity index (χ0) is 17.0. The highest BCUT2D eigenvalue weighted by molar-refractivity contribution is 9.10. The number of carbonyl (C=O) groups excluding carboxylic acids is 2. The van der Waals surface area contributed by atoms with Crippen molar-refractivity contribution < 1.29 is 24.2 Å². The van der Waals surface area contributed by atoms with Crippen molar-refractivity contribution in [2.24, 2.45) is 5.92 Å². The number of carboxylic acids is 1. The Morgan fingerprint density at radius 3 is 2.78 bits per heavy atom. The van der Waals surface area contributed by atoms with E-state index in [4.69, 9.17) is 9.84 Å². The summed E-state index contributed by atoms with van der Waals surface area (Å²) >= 11 is 3.38. The Labute approximate surface area is 141 Å². The second-order valence-corrected chi connectivity index (χ2v) is 5.99. The fraction of sp³-hybridized carbons (Fsp3) is 0.400. The number of benzene rings is 1. The van der Waals surface area contributed by atoms with Gasteiger partial charge in [-0.2, -0.15) is 0 Å². The predicted molar refractivity (Wildman–Crippen MR) is 86.0 cm³/mol. The molecule has 124 valence electrons. The molecule has 0 spiro atoms. The first kappa shape index (κ1) is 17.4. The van der Waals surface area contributed by atoms with E-state index in [1.54, 1.807) is 12.1 Å². The van der Waals surface area contributed by atoms with Crippen LogP contribution >= 0.6 is 15.9 Å². The van der Waals surface area contributed by atoms with Crippen LogP contribution in [0.15, 0.2) is 28.7 Å². The number of halogens is 1. The number of ether oxygens (including phenoxy) is 1. The molecule has 0 aliphatic carbocycles. The molecule has 7 nitrogen and oxygen atoms in total. The van der Waals surface area contributed by atoms with E-state index in [0.29, 0.717) is 18.7 Å². The van der Waals surface area contributed by atoms with E-state index in [9.17, 15) is 14.4 Å². The van der Waals surface area contributed by atoms with E-state index in [1.165, 1.54) is 12.0 Å². The Bertz CT molecular complexity index is 622. The number of nitrogens with zero attached hydrogens (tertiary/aromatic N) is 1. The topological polar surface area (TPSA) is 95.9 Å². The number of para-hydroxylation sites is 1. The molecule has 2 atom stereocenters. The maximum absolute atomic E-state index is 12.5. The van der Waals surface area contributed by atoms with Crippen LogP contribution in [0.3, 0.4) is 0 Å². The van der Waals surface area contributed by atoms with Gasteiger partial charge < -0.3 is 20.1 Å². The summed E-state index contributed by atoms with van der Waals surface area (Å²) in [5, 5.41) is 11.4. The van der Waals surface area contributed by atoms with Gasteiger partial charge in [0.15, 0.2) is 6.04 Å². The number of nitrogens with one attached hydrogen (secondary N) is 1. The van der Waals surface area contributed by atoms with Crippen molar-refractivity contribution in [3.63, 3.8) is 0 Å². The van der Waals surface area contributed by atoms with E-state index >= 15 is 0 Å². The lowest BCUT2D eigenvalue weighted by molar-refractivity contribution is -0.145. The lowest BCUT2D eigenvalue weighted by Crippen LogP contribution is -2.47. The van der Waals surface area contributed by atoms with Gasteiger partial charge in [0, 0.05) is 18.1 Å². The number of amides is 2. The Hall–Kier alpha value is -1.93. The monoisotopic (exact) mass is 384 g/mol. The second kappa shape index (κ2) is 7.56. The third-order valence-electron chi connectivity index (χ3n) is 3.61. The summed E-state index contributed by atoms with van der Waals surface area (Å²) in [5.74, 6) is -3.01. The van der Waals surface area contributed by atoms with Crippen LogP contribution in [0.2, 0.25) is 0 Å². The average Bonchev–Trinajstić information content (AvgIpc) is 2.89. The largest absolute Gasteiger partial charge is 0.480 e. The molecular weight excluding hydrogens is 368 g/mol. The summed E-state index contributed by atoms with van der Waals surface area (Å²) in [5.41, 5.74) is 0.694. The summed E-state index contributed by atoms with van der Waals surface area (Å²) in [6.07, 6.45) is 0.339. The molecule has 2 rings (SSSR count). The second-order valence-electron chi connectivity index (χ2n) is 5.14. The van der Waals surface area contributed by atoms with Crippen LogP contribution < -0.4 is 10.2 Å². The van der Waals surface area contributed by atoms with Crippen LogP contribution in [0.1, 0.15) is 6.42 Å². The van der Waals surface area contributed by atoms with Gasteiger partial charge in [-0.1, -0.05) is 12.1 Å². The summed E-state index contributed by atoms with van der Waals surface area (Å²) in [4.78, 5) is 37.3. The van der Waals surface area contributed by atoms with Crippen molar-refractivity contribution in [3.05, 3.63) is 28.7 Å². The molecular formula is C15H17BrN2O5. The van der Waals surface area contributed by atoms with Crippen LogP contribution in [0.4, 0.5) is 5.69 Å². The third kappa shape index (κ3) is 3.89.